The Kier molecular flexibility index (Phi) is 5.38. The Morgan fingerprint density at radius 2 is 1.95 bits per heavy atom. The van der Waals surface area contributed by atoms with Crippen LogP contribution in [0.3, 0.4) is 0 Å². The molecule has 3 atom stereocenters. The van der Waals surface area contributed by atoms with E-state index in [0.717, 1.165) is 32.2 Å². The smallest absolute Gasteiger partial charge is 0.317 e. The Hall–Kier alpha value is -0.810. The summed E-state index contributed by atoms with van der Waals surface area (Å²) < 4.78 is 5.68. The largest absolute Gasteiger partial charge is 0.393 e. The molecule has 0 aromatic carbocycles. The van der Waals surface area contributed by atoms with Crippen LogP contribution in [0, 0.1) is 17.3 Å². The fourth-order valence-corrected chi connectivity index (χ4v) is 4.66. The number of ether oxygens (including phenoxy) is 1. The molecule has 2 N–H and O–H groups in total. The monoisotopic (exact) mass is 312 g/mol. The molecule has 2 aliphatic carbocycles. The summed E-state index contributed by atoms with van der Waals surface area (Å²) in [6.07, 6.45) is 3.71. The first-order valence-corrected chi connectivity index (χ1v) is 8.62. The van der Waals surface area contributed by atoms with Crippen molar-refractivity contribution in [2.24, 2.45) is 17.3 Å². The summed E-state index contributed by atoms with van der Waals surface area (Å²) in [6.45, 7) is 7.24. The van der Waals surface area contributed by atoms with Gasteiger partial charge in [-0.2, -0.15) is 0 Å². The molecule has 2 saturated carbocycles. The van der Waals surface area contributed by atoms with Gasteiger partial charge < -0.3 is 20.1 Å². The lowest BCUT2D eigenvalue weighted by Gasteiger charge is -2.59. The summed E-state index contributed by atoms with van der Waals surface area (Å²) in [5.41, 5.74) is 0.0529. The number of urea groups is 1. The second-order valence-electron chi connectivity index (χ2n) is 7.25. The molecule has 128 valence electrons. The molecule has 5 nitrogen and oxygen atoms in total. The molecule has 22 heavy (non-hydrogen) atoms. The predicted octanol–water partition coefficient (Wildman–Crippen LogP) is 2.24. The van der Waals surface area contributed by atoms with Crippen molar-refractivity contribution in [1.82, 2.24) is 10.2 Å². The van der Waals surface area contributed by atoms with E-state index in [-0.39, 0.29) is 29.7 Å². The molecule has 0 aromatic rings. The molecule has 2 amide bonds. The number of carbonyl (C=O) groups is 1. The number of rotatable bonds is 6. The van der Waals surface area contributed by atoms with Crippen LogP contribution in [0.4, 0.5) is 4.79 Å². The third kappa shape index (κ3) is 2.85. The van der Waals surface area contributed by atoms with Crippen molar-refractivity contribution in [3.63, 3.8) is 0 Å². The molecule has 0 saturated heterocycles. The number of methoxy groups -OCH3 is 1. The number of amides is 2. The highest BCUT2D eigenvalue weighted by molar-refractivity contribution is 5.74. The molecule has 0 bridgehead atoms. The van der Waals surface area contributed by atoms with Crippen LogP contribution >= 0.6 is 0 Å². The van der Waals surface area contributed by atoms with Gasteiger partial charge in [-0.05, 0) is 31.6 Å². The Balaban J connectivity index is 1.92. The Morgan fingerprint density at radius 1 is 1.36 bits per heavy atom. The van der Waals surface area contributed by atoms with Crippen LogP contribution in [-0.4, -0.2) is 55.0 Å². The SMILES string of the molecule is CCC1(CC)[C@H](NC(=O)N(C)CC2CC(O)C2)[C@H](C)[C@H]1OC. The normalized spacial score (nSPS) is 36.2. The van der Waals surface area contributed by atoms with Gasteiger partial charge in [-0.25, -0.2) is 4.79 Å². The van der Waals surface area contributed by atoms with E-state index < -0.39 is 0 Å². The van der Waals surface area contributed by atoms with Gasteiger partial charge in [-0.3, -0.25) is 0 Å². The van der Waals surface area contributed by atoms with E-state index in [1.54, 1.807) is 12.0 Å². The summed E-state index contributed by atoms with van der Waals surface area (Å²) in [4.78, 5) is 14.2. The predicted molar refractivity (Wildman–Crippen MR) is 86.7 cm³/mol. The maximum atomic E-state index is 12.5. The fourth-order valence-electron chi connectivity index (χ4n) is 4.66. The summed E-state index contributed by atoms with van der Waals surface area (Å²) in [7, 11) is 3.62. The van der Waals surface area contributed by atoms with Gasteiger partial charge in [0.2, 0.25) is 0 Å². The Bertz CT molecular complexity index is 391. The minimum atomic E-state index is -0.164. The number of hydrogen-bond acceptors (Lipinski definition) is 3. The zero-order chi connectivity index (χ0) is 16.5. The Morgan fingerprint density at radius 3 is 2.41 bits per heavy atom. The van der Waals surface area contributed by atoms with E-state index in [1.165, 1.54) is 0 Å². The van der Waals surface area contributed by atoms with Crippen LogP contribution in [-0.2, 0) is 4.74 Å². The highest BCUT2D eigenvalue weighted by Gasteiger charge is 2.59. The highest BCUT2D eigenvalue weighted by atomic mass is 16.5. The van der Waals surface area contributed by atoms with Crippen LogP contribution in [0.5, 0.6) is 0 Å². The molecule has 0 aromatic heterocycles. The summed E-state index contributed by atoms with van der Waals surface area (Å²) in [5, 5.41) is 12.6. The first kappa shape index (κ1) is 17.5. The third-order valence-electron chi connectivity index (χ3n) is 6.13. The summed E-state index contributed by atoms with van der Waals surface area (Å²) in [6, 6.07) is 0.174. The molecule has 0 unspecified atom stereocenters. The van der Waals surface area contributed by atoms with Crippen LogP contribution in [0.25, 0.3) is 0 Å². The van der Waals surface area contributed by atoms with Crippen LogP contribution < -0.4 is 5.32 Å². The van der Waals surface area contributed by atoms with E-state index >= 15 is 0 Å². The molecule has 0 heterocycles. The van der Waals surface area contributed by atoms with E-state index in [0.29, 0.717) is 11.8 Å². The number of hydrogen-bond donors (Lipinski definition) is 2. The van der Waals surface area contributed by atoms with Gasteiger partial charge in [0.05, 0.1) is 12.2 Å². The lowest BCUT2D eigenvalue weighted by Crippen LogP contribution is -2.70. The average molecular weight is 312 g/mol. The quantitative estimate of drug-likeness (QED) is 0.790. The number of nitrogens with zero attached hydrogens (tertiary/aromatic N) is 1. The molecule has 0 aliphatic heterocycles. The first-order chi connectivity index (χ1) is 10.4. The van der Waals surface area contributed by atoms with Gasteiger partial charge in [-0.1, -0.05) is 20.8 Å². The topological polar surface area (TPSA) is 61.8 Å². The van der Waals surface area contributed by atoms with Gasteiger partial charge in [-0.15, -0.1) is 0 Å². The molecule has 0 radical (unpaired) electrons. The van der Waals surface area contributed by atoms with Crippen molar-refractivity contribution in [2.45, 2.75) is 64.7 Å². The van der Waals surface area contributed by atoms with Crippen molar-refractivity contribution in [2.75, 3.05) is 20.7 Å². The van der Waals surface area contributed by atoms with Crippen LogP contribution in [0.1, 0.15) is 46.5 Å². The third-order valence-corrected chi connectivity index (χ3v) is 6.13. The number of aliphatic hydroxyl groups is 1. The summed E-state index contributed by atoms with van der Waals surface area (Å²) in [5.74, 6) is 0.783. The van der Waals surface area contributed by atoms with Gasteiger partial charge in [0, 0.05) is 38.1 Å². The second-order valence-corrected chi connectivity index (χ2v) is 7.25. The molecule has 2 fully saturated rings. The van der Waals surface area contributed by atoms with E-state index in [4.69, 9.17) is 4.74 Å². The summed E-state index contributed by atoms with van der Waals surface area (Å²) >= 11 is 0. The van der Waals surface area contributed by atoms with Crippen molar-refractivity contribution in [3.05, 3.63) is 0 Å². The first-order valence-electron chi connectivity index (χ1n) is 8.62. The van der Waals surface area contributed by atoms with Gasteiger partial charge in [0.25, 0.3) is 0 Å². The van der Waals surface area contributed by atoms with E-state index in [1.807, 2.05) is 7.05 Å². The van der Waals surface area contributed by atoms with Crippen molar-refractivity contribution >= 4 is 6.03 Å². The average Bonchev–Trinajstić information content (AvgIpc) is 2.47. The standard InChI is InChI=1S/C17H32N2O3/c1-6-17(7-2)14(11(3)15(17)22-5)18-16(21)19(4)10-12-8-13(20)9-12/h11-15,20H,6-10H2,1-5H3,(H,18,21)/t11-,12?,13?,14+,15+/m0/s1. The van der Waals surface area contributed by atoms with Gasteiger partial charge in [0.15, 0.2) is 0 Å². The van der Waals surface area contributed by atoms with Crippen molar-refractivity contribution < 1.29 is 14.6 Å². The molecule has 0 spiro atoms. The molecule has 2 aliphatic rings. The molecule has 5 heteroatoms. The molecular formula is C17H32N2O3. The van der Waals surface area contributed by atoms with E-state index in [2.05, 4.69) is 26.1 Å². The maximum absolute atomic E-state index is 12.5. The minimum Gasteiger partial charge on any atom is -0.393 e. The highest BCUT2D eigenvalue weighted by Crippen LogP contribution is 2.52. The van der Waals surface area contributed by atoms with Crippen LogP contribution in [0.15, 0.2) is 0 Å². The molecule has 2 rings (SSSR count). The number of carbonyl (C=O) groups excluding carboxylic acids is 1. The van der Waals surface area contributed by atoms with Gasteiger partial charge in [0.1, 0.15) is 0 Å². The lowest BCUT2D eigenvalue weighted by atomic mass is 9.53. The number of nitrogens with one attached hydrogen (secondary N) is 1. The minimum absolute atomic E-state index is 0.000863. The lowest BCUT2D eigenvalue weighted by molar-refractivity contribution is -0.164. The van der Waals surface area contributed by atoms with Crippen LogP contribution in [0.2, 0.25) is 0 Å². The molecular weight excluding hydrogens is 280 g/mol. The Labute approximate surface area is 134 Å². The fraction of sp³-hybridized carbons (Fsp3) is 0.941. The van der Waals surface area contributed by atoms with Crippen molar-refractivity contribution in [1.29, 1.82) is 0 Å². The van der Waals surface area contributed by atoms with Gasteiger partial charge >= 0.3 is 6.03 Å². The van der Waals surface area contributed by atoms with E-state index in [9.17, 15) is 9.90 Å². The number of aliphatic hydroxyl groups excluding tert-OH is 1. The zero-order valence-corrected chi connectivity index (χ0v) is 14.6. The second kappa shape index (κ2) is 6.75. The maximum Gasteiger partial charge on any atom is 0.317 e. The zero-order valence-electron chi connectivity index (χ0n) is 14.6. The van der Waals surface area contributed by atoms with Crippen molar-refractivity contribution in [3.8, 4) is 0 Å².